The summed E-state index contributed by atoms with van der Waals surface area (Å²) in [6, 6.07) is 17.4. The fourth-order valence-corrected chi connectivity index (χ4v) is 4.78. The van der Waals surface area contributed by atoms with Gasteiger partial charge in [-0.1, -0.05) is 17.7 Å². The molecule has 0 aliphatic carbocycles. The summed E-state index contributed by atoms with van der Waals surface area (Å²) in [5.74, 6) is 3.61. The van der Waals surface area contributed by atoms with Crippen LogP contribution in [0.3, 0.4) is 0 Å². The molecule has 1 fully saturated rings. The second-order valence-corrected chi connectivity index (χ2v) is 9.49. The van der Waals surface area contributed by atoms with Crippen LogP contribution in [0.15, 0.2) is 59.6 Å². The number of carbonyl (C=O) groups is 1. The zero-order chi connectivity index (χ0) is 26.1. The number of amidine groups is 1. The summed E-state index contributed by atoms with van der Waals surface area (Å²) in [7, 11) is 3.17. The molecule has 2 aliphatic heterocycles. The van der Waals surface area contributed by atoms with Gasteiger partial charge in [0.1, 0.15) is 28.8 Å². The van der Waals surface area contributed by atoms with E-state index in [9.17, 15) is 4.79 Å². The highest BCUT2D eigenvalue weighted by Crippen LogP contribution is 2.39. The summed E-state index contributed by atoms with van der Waals surface area (Å²) in [6.07, 6.45) is 0. The maximum atomic E-state index is 13.2. The third-order valence-corrected chi connectivity index (χ3v) is 6.78. The summed E-state index contributed by atoms with van der Waals surface area (Å²) >= 11 is 0. The molecule has 3 aromatic rings. The van der Waals surface area contributed by atoms with E-state index in [-0.39, 0.29) is 12.1 Å². The Morgan fingerprint density at radius 2 is 1.76 bits per heavy atom. The van der Waals surface area contributed by atoms with Crippen LogP contribution >= 0.6 is 0 Å². The molecule has 192 valence electrons. The minimum Gasteiger partial charge on any atom is -0.497 e. The number of methoxy groups -OCH3 is 2. The molecule has 0 saturated carbocycles. The van der Waals surface area contributed by atoms with Crippen molar-refractivity contribution < 1.29 is 19.0 Å². The van der Waals surface area contributed by atoms with E-state index in [1.165, 1.54) is 0 Å². The Bertz CT molecular complexity index is 1370. The molecule has 1 N–H and O–H groups in total. The van der Waals surface area contributed by atoms with E-state index in [0.717, 1.165) is 39.7 Å². The SMILES string of the molecule is COc1ccc(NC(=O)N2CCN(C3=Nc4ccc(C)cc4Oc4ccc(C)cc43)CC2C)c(OC)c1. The van der Waals surface area contributed by atoms with Gasteiger partial charge in [0.2, 0.25) is 0 Å². The molecular weight excluding hydrogens is 468 g/mol. The van der Waals surface area contributed by atoms with Crippen molar-refractivity contribution in [3.63, 3.8) is 0 Å². The number of urea groups is 1. The van der Waals surface area contributed by atoms with Gasteiger partial charge in [-0.25, -0.2) is 9.79 Å². The van der Waals surface area contributed by atoms with Gasteiger partial charge in [0.15, 0.2) is 5.75 Å². The first-order valence-corrected chi connectivity index (χ1v) is 12.4. The van der Waals surface area contributed by atoms with Crippen molar-refractivity contribution in [3.8, 4) is 23.0 Å². The second kappa shape index (κ2) is 10.0. The Morgan fingerprint density at radius 1 is 0.973 bits per heavy atom. The smallest absolute Gasteiger partial charge is 0.322 e. The van der Waals surface area contributed by atoms with Crippen LogP contribution in [-0.4, -0.2) is 61.6 Å². The number of rotatable bonds is 3. The molecule has 8 nitrogen and oxygen atoms in total. The summed E-state index contributed by atoms with van der Waals surface area (Å²) in [4.78, 5) is 22.4. The van der Waals surface area contributed by atoms with Gasteiger partial charge in [0.25, 0.3) is 0 Å². The number of fused-ring (bicyclic) bond motifs is 2. The van der Waals surface area contributed by atoms with E-state index in [0.29, 0.717) is 36.8 Å². The number of nitrogens with one attached hydrogen (secondary N) is 1. The third-order valence-electron chi connectivity index (χ3n) is 6.78. The van der Waals surface area contributed by atoms with Crippen LogP contribution in [0.5, 0.6) is 23.0 Å². The number of hydrogen-bond donors (Lipinski definition) is 1. The molecule has 0 bridgehead atoms. The van der Waals surface area contributed by atoms with E-state index < -0.39 is 0 Å². The van der Waals surface area contributed by atoms with Gasteiger partial charge in [-0.15, -0.1) is 0 Å². The van der Waals surface area contributed by atoms with E-state index in [1.807, 2.05) is 36.1 Å². The lowest BCUT2D eigenvalue weighted by Gasteiger charge is -2.41. The zero-order valence-corrected chi connectivity index (χ0v) is 21.9. The molecule has 3 aromatic carbocycles. The minimum atomic E-state index is -0.168. The number of aliphatic imine (C=N–C) groups is 1. The monoisotopic (exact) mass is 500 g/mol. The number of ether oxygens (including phenoxy) is 3. The van der Waals surface area contributed by atoms with Crippen molar-refractivity contribution in [3.05, 3.63) is 71.3 Å². The molecule has 2 amide bonds. The largest absolute Gasteiger partial charge is 0.497 e. The van der Waals surface area contributed by atoms with Gasteiger partial charge in [-0.2, -0.15) is 0 Å². The van der Waals surface area contributed by atoms with Crippen LogP contribution in [0.2, 0.25) is 0 Å². The van der Waals surface area contributed by atoms with Crippen molar-refractivity contribution in [2.75, 3.05) is 39.2 Å². The third kappa shape index (κ3) is 4.91. The summed E-state index contributed by atoms with van der Waals surface area (Å²) in [6.45, 7) is 8.00. The Kier molecular flexibility index (Phi) is 6.65. The van der Waals surface area contributed by atoms with Crippen LogP contribution in [-0.2, 0) is 0 Å². The fourth-order valence-electron chi connectivity index (χ4n) is 4.78. The maximum Gasteiger partial charge on any atom is 0.322 e. The highest BCUT2D eigenvalue weighted by atomic mass is 16.5. The highest BCUT2D eigenvalue weighted by Gasteiger charge is 2.32. The standard InChI is InChI=1S/C29H32N4O4/c1-18-7-11-25-22(14-18)28(30-24-9-6-19(2)15-27(24)37-25)32-12-13-33(20(3)17-32)29(34)31-23-10-8-21(35-4)16-26(23)36-5/h6-11,14-16,20H,12-13,17H2,1-5H3,(H,31,34). The molecule has 0 aromatic heterocycles. The first-order chi connectivity index (χ1) is 17.9. The summed E-state index contributed by atoms with van der Waals surface area (Å²) in [5, 5.41) is 3.00. The van der Waals surface area contributed by atoms with Crippen LogP contribution in [0, 0.1) is 13.8 Å². The Labute approximate surface area is 217 Å². The quantitative estimate of drug-likeness (QED) is 0.496. The molecule has 8 heteroatoms. The summed E-state index contributed by atoms with van der Waals surface area (Å²) < 4.78 is 17.0. The number of benzene rings is 3. The van der Waals surface area contributed by atoms with Crippen molar-refractivity contribution in [2.24, 2.45) is 4.99 Å². The molecule has 5 rings (SSSR count). The Balaban J connectivity index is 1.38. The lowest BCUT2D eigenvalue weighted by atomic mass is 10.1. The van der Waals surface area contributed by atoms with Crippen molar-refractivity contribution in [2.45, 2.75) is 26.8 Å². The van der Waals surface area contributed by atoms with Gasteiger partial charge in [-0.05, 0) is 62.7 Å². The first-order valence-electron chi connectivity index (χ1n) is 12.4. The van der Waals surface area contributed by atoms with E-state index in [2.05, 4.69) is 36.2 Å². The average Bonchev–Trinajstić information content (AvgIpc) is 3.04. The number of aryl methyl sites for hydroxylation is 2. The molecule has 0 radical (unpaired) electrons. The topological polar surface area (TPSA) is 75.6 Å². The van der Waals surface area contributed by atoms with Crippen LogP contribution in [0.25, 0.3) is 0 Å². The lowest BCUT2D eigenvalue weighted by molar-refractivity contribution is 0.144. The van der Waals surface area contributed by atoms with Crippen molar-refractivity contribution in [1.29, 1.82) is 0 Å². The molecular formula is C29H32N4O4. The number of hydrogen-bond acceptors (Lipinski definition) is 6. The number of piperazine rings is 1. The van der Waals surface area contributed by atoms with Crippen LogP contribution in [0.4, 0.5) is 16.2 Å². The minimum absolute atomic E-state index is 0.0457. The molecule has 1 unspecified atom stereocenters. The molecule has 1 atom stereocenters. The van der Waals surface area contributed by atoms with Crippen LogP contribution < -0.4 is 19.5 Å². The predicted octanol–water partition coefficient (Wildman–Crippen LogP) is 5.74. The van der Waals surface area contributed by atoms with Crippen LogP contribution in [0.1, 0.15) is 23.6 Å². The van der Waals surface area contributed by atoms with Gasteiger partial charge in [0, 0.05) is 31.7 Å². The highest BCUT2D eigenvalue weighted by molar-refractivity contribution is 6.04. The Morgan fingerprint density at radius 3 is 2.51 bits per heavy atom. The summed E-state index contributed by atoms with van der Waals surface area (Å²) in [5.41, 5.74) is 4.62. The number of anilines is 1. The Hall–Kier alpha value is -4.20. The molecule has 0 spiro atoms. The van der Waals surface area contributed by atoms with Gasteiger partial charge < -0.3 is 29.3 Å². The average molecular weight is 501 g/mol. The lowest BCUT2D eigenvalue weighted by Crippen LogP contribution is -2.56. The van der Waals surface area contributed by atoms with E-state index in [4.69, 9.17) is 19.2 Å². The predicted molar refractivity (Wildman–Crippen MR) is 145 cm³/mol. The zero-order valence-electron chi connectivity index (χ0n) is 21.9. The van der Waals surface area contributed by atoms with E-state index in [1.54, 1.807) is 32.4 Å². The molecule has 1 saturated heterocycles. The van der Waals surface area contributed by atoms with Gasteiger partial charge >= 0.3 is 6.03 Å². The maximum absolute atomic E-state index is 13.2. The van der Waals surface area contributed by atoms with Gasteiger partial charge in [0.05, 0.1) is 25.5 Å². The molecule has 2 heterocycles. The van der Waals surface area contributed by atoms with E-state index >= 15 is 0 Å². The van der Waals surface area contributed by atoms with Crippen molar-refractivity contribution in [1.82, 2.24) is 9.80 Å². The fraction of sp³-hybridized carbons (Fsp3) is 0.310. The second-order valence-electron chi connectivity index (χ2n) is 9.49. The van der Waals surface area contributed by atoms with Crippen molar-refractivity contribution >= 4 is 23.2 Å². The number of amides is 2. The number of nitrogens with zero attached hydrogens (tertiary/aromatic N) is 3. The normalized spacial score (nSPS) is 16.6. The first kappa shape index (κ1) is 24.5. The number of carbonyl (C=O) groups excluding carboxylic acids is 1. The van der Waals surface area contributed by atoms with Gasteiger partial charge in [-0.3, -0.25) is 0 Å². The molecule has 2 aliphatic rings. The molecule has 37 heavy (non-hydrogen) atoms.